The van der Waals surface area contributed by atoms with Gasteiger partial charge in [0.05, 0.1) is 5.02 Å². The molecule has 1 saturated heterocycles. The molecule has 1 fully saturated rings. The van der Waals surface area contributed by atoms with Gasteiger partial charge >= 0.3 is 0 Å². The van der Waals surface area contributed by atoms with Gasteiger partial charge in [-0.1, -0.05) is 24.6 Å². The number of hydrogen-bond acceptors (Lipinski definition) is 1. The second kappa shape index (κ2) is 5.15. The molecule has 1 aliphatic rings. The van der Waals surface area contributed by atoms with Crippen molar-refractivity contribution in [2.24, 2.45) is 0 Å². The molecule has 1 N–H and O–H groups in total. The maximum atomic E-state index is 13.3. The van der Waals surface area contributed by atoms with Gasteiger partial charge in [0.2, 0.25) is 0 Å². The van der Waals surface area contributed by atoms with Crippen LogP contribution in [0, 0.1) is 5.82 Å². The lowest BCUT2D eigenvalue weighted by Gasteiger charge is -2.17. The first-order valence-corrected chi connectivity index (χ1v) is 6.23. The molecule has 3 heteroatoms. The molecule has 1 aromatic rings. The highest BCUT2D eigenvalue weighted by atomic mass is 35.5. The largest absolute Gasteiger partial charge is 0.314 e. The van der Waals surface area contributed by atoms with Gasteiger partial charge in [-0.15, -0.1) is 0 Å². The van der Waals surface area contributed by atoms with E-state index in [2.05, 4.69) is 12.2 Å². The minimum atomic E-state index is -0.314. The SMILES string of the molecule is CC(CC1CCCN1)c1ccc(Cl)c(F)c1. The van der Waals surface area contributed by atoms with Crippen LogP contribution in [-0.2, 0) is 0 Å². The Hall–Kier alpha value is -0.600. The van der Waals surface area contributed by atoms with Crippen LogP contribution in [0.25, 0.3) is 0 Å². The summed E-state index contributed by atoms with van der Waals surface area (Å²) >= 11 is 5.67. The summed E-state index contributed by atoms with van der Waals surface area (Å²) in [7, 11) is 0. The van der Waals surface area contributed by atoms with E-state index < -0.39 is 0 Å². The monoisotopic (exact) mass is 241 g/mol. The van der Waals surface area contributed by atoms with Crippen LogP contribution in [0.5, 0.6) is 0 Å². The van der Waals surface area contributed by atoms with E-state index in [0.29, 0.717) is 12.0 Å². The first-order valence-electron chi connectivity index (χ1n) is 5.85. The van der Waals surface area contributed by atoms with Crippen LogP contribution < -0.4 is 5.32 Å². The number of halogens is 2. The van der Waals surface area contributed by atoms with E-state index >= 15 is 0 Å². The molecule has 0 saturated carbocycles. The van der Waals surface area contributed by atoms with Gasteiger partial charge in [-0.3, -0.25) is 0 Å². The van der Waals surface area contributed by atoms with Crippen LogP contribution in [0.2, 0.25) is 5.02 Å². The highest BCUT2D eigenvalue weighted by Gasteiger charge is 2.18. The van der Waals surface area contributed by atoms with Gasteiger partial charge in [0, 0.05) is 6.04 Å². The van der Waals surface area contributed by atoms with Crippen molar-refractivity contribution in [1.82, 2.24) is 5.32 Å². The molecule has 0 aromatic heterocycles. The molecule has 0 radical (unpaired) electrons. The van der Waals surface area contributed by atoms with E-state index in [1.807, 2.05) is 6.07 Å². The Labute approximate surface area is 101 Å². The number of rotatable bonds is 3. The molecular formula is C13H17ClFN. The highest BCUT2D eigenvalue weighted by molar-refractivity contribution is 6.30. The van der Waals surface area contributed by atoms with E-state index in [1.54, 1.807) is 12.1 Å². The maximum absolute atomic E-state index is 13.3. The van der Waals surface area contributed by atoms with Gasteiger partial charge in [0.1, 0.15) is 5.82 Å². The topological polar surface area (TPSA) is 12.0 Å². The first-order chi connectivity index (χ1) is 7.66. The van der Waals surface area contributed by atoms with Crippen molar-refractivity contribution < 1.29 is 4.39 Å². The third-order valence-electron chi connectivity index (χ3n) is 3.31. The molecule has 2 atom stereocenters. The Bertz CT molecular complexity index is 361. The number of benzene rings is 1. The fourth-order valence-electron chi connectivity index (χ4n) is 2.34. The van der Waals surface area contributed by atoms with Crippen LogP contribution in [0.3, 0.4) is 0 Å². The fourth-order valence-corrected chi connectivity index (χ4v) is 2.46. The highest BCUT2D eigenvalue weighted by Crippen LogP contribution is 2.26. The van der Waals surface area contributed by atoms with E-state index in [9.17, 15) is 4.39 Å². The van der Waals surface area contributed by atoms with E-state index in [4.69, 9.17) is 11.6 Å². The third-order valence-corrected chi connectivity index (χ3v) is 3.62. The van der Waals surface area contributed by atoms with Crippen LogP contribution in [0.15, 0.2) is 18.2 Å². The fraction of sp³-hybridized carbons (Fsp3) is 0.538. The average molecular weight is 242 g/mol. The molecule has 16 heavy (non-hydrogen) atoms. The molecule has 0 amide bonds. The van der Waals surface area contributed by atoms with E-state index in [0.717, 1.165) is 18.5 Å². The summed E-state index contributed by atoms with van der Waals surface area (Å²) in [5.41, 5.74) is 1.04. The molecule has 2 rings (SSSR count). The molecule has 0 bridgehead atoms. The van der Waals surface area contributed by atoms with Gasteiger partial charge in [0.15, 0.2) is 0 Å². The molecule has 88 valence electrons. The maximum Gasteiger partial charge on any atom is 0.142 e. The second-order valence-corrected chi connectivity index (χ2v) is 5.01. The van der Waals surface area contributed by atoms with Gasteiger partial charge in [0.25, 0.3) is 0 Å². The number of hydrogen-bond donors (Lipinski definition) is 1. The minimum absolute atomic E-state index is 0.204. The molecule has 1 heterocycles. The van der Waals surface area contributed by atoms with Gasteiger partial charge < -0.3 is 5.32 Å². The van der Waals surface area contributed by atoms with Crippen molar-refractivity contribution in [3.63, 3.8) is 0 Å². The van der Waals surface area contributed by atoms with Crippen LogP contribution >= 0.6 is 11.6 Å². The second-order valence-electron chi connectivity index (χ2n) is 4.60. The molecule has 0 spiro atoms. The summed E-state index contributed by atoms with van der Waals surface area (Å²) in [6, 6.07) is 5.71. The lowest BCUT2D eigenvalue weighted by Crippen LogP contribution is -2.23. The Balaban J connectivity index is 2.02. The van der Waals surface area contributed by atoms with Gasteiger partial charge in [-0.2, -0.15) is 0 Å². The molecule has 0 aliphatic carbocycles. The van der Waals surface area contributed by atoms with Crippen molar-refractivity contribution in [1.29, 1.82) is 0 Å². The predicted octanol–water partition coefficient (Wildman–Crippen LogP) is 3.72. The molecule has 2 unspecified atom stereocenters. The lowest BCUT2D eigenvalue weighted by atomic mass is 9.93. The first kappa shape index (κ1) is 11.9. The third kappa shape index (κ3) is 2.74. The summed E-state index contributed by atoms with van der Waals surface area (Å²) in [6.07, 6.45) is 3.56. The predicted molar refractivity (Wildman–Crippen MR) is 65.5 cm³/mol. The van der Waals surface area contributed by atoms with Crippen LogP contribution in [0.1, 0.15) is 37.7 Å². The quantitative estimate of drug-likeness (QED) is 0.851. The summed E-state index contributed by atoms with van der Waals surface area (Å²) in [4.78, 5) is 0. The zero-order valence-electron chi connectivity index (χ0n) is 9.47. The lowest BCUT2D eigenvalue weighted by molar-refractivity contribution is 0.508. The summed E-state index contributed by atoms with van der Waals surface area (Å²) in [5.74, 6) is 0.0627. The van der Waals surface area contributed by atoms with Crippen molar-refractivity contribution >= 4 is 11.6 Å². The van der Waals surface area contributed by atoms with Gasteiger partial charge in [-0.25, -0.2) is 4.39 Å². The van der Waals surface area contributed by atoms with Gasteiger partial charge in [-0.05, 0) is 49.4 Å². The normalized spacial score (nSPS) is 22.3. The molecular weight excluding hydrogens is 225 g/mol. The van der Waals surface area contributed by atoms with Crippen molar-refractivity contribution in [3.05, 3.63) is 34.6 Å². The minimum Gasteiger partial charge on any atom is -0.314 e. The molecule has 1 aromatic carbocycles. The standard InChI is InChI=1S/C13H17ClFN/c1-9(7-11-3-2-6-16-11)10-4-5-12(14)13(15)8-10/h4-5,8-9,11,16H,2-3,6-7H2,1H3. The zero-order valence-corrected chi connectivity index (χ0v) is 10.2. The smallest absolute Gasteiger partial charge is 0.142 e. The van der Waals surface area contributed by atoms with Crippen molar-refractivity contribution in [2.75, 3.05) is 6.54 Å². The summed E-state index contributed by atoms with van der Waals surface area (Å²) < 4.78 is 13.3. The van der Waals surface area contributed by atoms with Crippen LogP contribution in [0.4, 0.5) is 4.39 Å². The Morgan fingerprint density at radius 2 is 2.38 bits per heavy atom. The Morgan fingerprint density at radius 1 is 1.56 bits per heavy atom. The average Bonchev–Trinajstić information content (AvgIpc) is 2.74. The van der Waals surface area contributed by atoms with Crippen molar-refractivity contribution in [3.8, 4) is 0 Å². The van der Waals surface area contributed by atoms with E-state index in [1.165, 1.54) is 12.8 Å². The Kier molecular flexibility index (Phi) is 3.82. The Morgan fingerprint density at radius 3 is 3.00 bits per heavy atom. The van der Waals surface area contributed by atoms with E-state index in [-0.39, 0.29) is 10.8 Å². The van der Waals surface area contributed by atoms with Crippen LogP contribution in [-0.4, -0.2) is 12.6 Å². The van der Waals surface area contributed by atoms with Crippen molar-refractivity contribution in [2.45, 2.75) is 38.1 Å². The molecule has 1 nitrogen and oxygen atoms in total. The summed E-state index contributed by atoms with van der Waals surface area (Å²) in [5, 5.41) is 3.67. The summed E-state index contributed by atoms with van der Waals surface area (Å²) in [6.45, 7) is 3.26. The number of nitrogens with one attached hydrogen (secondary N) is 1. The molecule has 1 aliphatic heterocycles. The zero-order chi connectivity index (χ0) is 11.5.